The van der Waals surface area contributed by atoms with Crippen LogP contribution in [0.5, 0.6) is 0 Å². The highest BCUT2D eigenvalue weighted by atomic mass is 32.2. The van der Waals surface area contributed by atoms with Crippen molar-refractivity contribution in [1.82, 2.24) is 9.62 Å². The number of rotatable bonds is 6. The van der Waals surface area contributed by atoms with Gasteiger partial charge in [-0.15, -0.1) is 0 Å². The van der Waals surface area contributed by atoms with Crippen LogP contribution in [-0.2, 0) is 16.6 Å². The van der Waals surface area contributed by atoms with Crippen LogP contribution in [0, 0.1) is 19.8 Å². The van der Waals surface area contributed by atoms with Gasteiger partial charge in [-0.25, -0.2) is 13.1 Å². The van der Waals surface area contributed by atoms with Gasteiger partial charge in [-0.3, -0.25) is 4.90 Å². The van der Waals surface area contributed by atoms with Crippen LogP contribution in [0.15, 0.2) is 39.9 Å². The van der Waals surface area contributed by atoms with Crippen LogP contribution in [0.2, 0.25) is 0 Å². The molecule has 1 aliphatic heterocycles. The van der Waals surface area contributed by atoms with E-state index >= 15 is 0 Å². The molecule has 1 saturated heterocycles. The van der Waals surface area contributed by atoms with Crippen molar-refractivity contribution in [3.63, 3.8) is 0 Å². The van der Waals surface area contributed by atoms with E-state index in [9.17, 15) is 8.42 Å². The van der Waals surface area contributed by atoms with Gasteiger partial charge in [-0.2, -0.15) is 11.3 Å². The van der Waals surface area contributed by atoms with Crippen molar-refractivity contribution in [1.29, 1.82) is 0 Å². The number of likely N-dealkylation sites (tertiary alicyclic amines) is 1. The molecular weight excluding hydrogens is 352 g/mol. The Bertz CT molecular complexity index is 793. The predicted molar refractivity (Wildman–Crippen MR) is 103 cm³/mol. The molecule has 4 nitrogen and oxygen atoms in total. The SMILES string of the molecule is Cc1ccc(S(=O)(=O)NCC2CCN(Cc3ccsc3)CC2)c(C)c1. The van der Waals surface area contributed by atoms with Gasteiger partial charge in [0.25, 0.3) is 0 Å². The van der Waals surface area contributed by atoms with E-state index in [0.29, 0.717) is 17.4 Å². The molecule has 136 valence electrons. The fourth-order valence-corrected chi connectivity index (χ4v) is 5.40. The van der Waals surface area contributed by atoms with E-state index in [-0.39, 0.29) is 0 Å². The number of piperidine rings is 1. The second-order valence-corrected chi connectivity index (χ2v) is 9.49. The molecule has 1 aliphatic rings. The lowest BCUT2D eigenvalue weighted by Crippen LogP contribution is -2.38. The summed E-state index contributed by atoms with van der Waals surface area (Å²) in [6, 6.07) is 7.65. The van der Waals surface area contributed by atoms with Gasteiger partial charge in [0, 0.05) is 13.1 Å². The molecule has 0 saturated carbocycles. The Morgan fingerprint density at radius 1 is 1.20 bits per heavy atom. The number of nitrogens with one attached hydrogen (secondary N) is 1. The number of thiophene rings is 1. The standard InChI is InChI=1S/C19H26N2O2S2/c1-15-3-4-19(16(2)11-15)25(22,23)20-12-17-5-8-21(9-6-17)13-18-7-10-24-14-18/h3-4,7,10-11,14,17,20H,5-6,8-9,12-13H2,1-2H3. The lowest BCUT2D eigenvalue weighted by molar-refractivity contribution is 0.179. The summed E-state index contributed by atoms with van der Waals surface area (Å²) < 4.78 is 27.9. The molecule has 2 heterocycles. The average Bonchev–Trinajstić information content (AvgIpc) is 3.07. The summed E-state index contributed by atoms with van der Waals surface area (Å²) in [4.78, 5) is 2.85. The molecule has 1 aromatic heterocycles. The van der Waals surface area contributed by atoms with Gasteiger partial charge in [0.1, 0.15) is 0 Å². The molecule has 6 heteroatoms. The molecule has 1 aromatic carbocycles. The zero-order chi connectivity index (χ0) is 17.9. The number of benzene rings is 1. The quantitative estimate of drug-likeness (QED) is 0.836. The zero-order valence-corrected chi connectivity index (χ0v) is 16.5. The Balaban J connectivity index is 1.50. The monoisotopic (exact) mass is 378 g/mol. The van der Waals surface area contributed by atoms with E-state index in [4.69, 9.17) is 0 Å². The minimum atomic E-state index is -3.42. The molecule has 0 atom stereocenters. The summed E-state index contributed by atoms with van der Waals surface area (Å²) in [5.74, 6) is 0.416. The third-order valence-corrected chi connectivity index (χ3v) is 7.19. The second kappa shape index (κ2) is 7.99. The summed E-state index contributed by atoms with van der Waals surface area (Å²) in [7, 11) is -3.42. The minimum Gasteiger partial charge on any atom is -0.299 e. The molecule has 0 spiro atoms. The molecule has 1 fully saturated rings. The van der Waals surface area contributed by atoms with Crippen molar-refractivity contribution in [3.8, 4) is 0 Å². The van der Waals surface area contributed by atoms with E-state index in [1.54, 1.807) is 17.4 Å². The van der Waals surface area contributed by atoms with Crippen molar-refractivity contribution >= 4 is 21.4 Å². The summed E-state index contributed by atoms with van der Waals surface area (Å²) >= 11 is 1.74. The third-order valence-electron chi connectivity index (χ3n) is 4.88. The fourth-order valence-electron chi connectivity index (χ4n) is 3.40. The summed E-state index contributed by atoms with van der Waals surface area (Å²) in [5.41, 5.74) is 3.26. The highest BCUT2D eigenvalue weighted by molar-refractivity contribution is 7.89. The van der Waals surface area contributed by atoms with Crippen molar-refractivity contribution in [2.75, 3.05) is 19.6 Å². The van der Waals surface area contributed by atoms with Crippen LogP contribution in [0.1, 0.15) is 29.5 Å². The zero-order valence-electron chi connectivity index (χ0n) is 14.9. The first-order chi connectivity index (χ1) is 11.9. The maximum Gasteiger partial charge on any atom is 0.240 e. The van der Waals surface area contributed by atoms with Crippen LogP contribution in [-0.4, -0.2) is 33.0 Å². The Morgan fingerprint density at radius 3 is 2.60 bits per heavy atom. The van der Waals surface area contributed by atoms with Crippen LogP contribution in [0.4, 0.5) is 0 Å². The first-order valence-electron chi connectivity index (χ1n) is 8.74. The normalized spacial score (nSPS) is 17.0. The van der Waals surface area contributed by atoms with Crippen LogP contribution < -0.4 is 4.72 Å². The van der Waals surface area contributed by atoms with Crippen molar-refractivity contribution in [2.24, 2.45) is 5.92 Å². The molecule has 0 amide bonds. The second-order valence-electron chi connectivity index (χ2n) is 6.97. The first kappa shape index (κ1) is 18.6. The Morgan fingerprint density at radius 2 is 1.96 bits per heavy atom. The highest BCUT2D eigenvalue weighted by Crippen LogP contribution is 2.21. The van der Waals surface area contributed by atoms with Gasteiger partial charge in [0.15, 0.2) is 0 Å². The number of sulfonamides is 1. The molecule has 1 N–H and O–H groups in total. The van der Waals surface area contributed by atoms with Gasteiger partial charge >= 0.3 is 0 Å². The van der Waals surface area contributed by atoms with Crippen LogP contribution >= 0.6 is 11.3 Å². The van der Waals surface area contributed by atoms with Crippen molar-refractivity contribution < 1.29 is 8.42 Å². The summed E-state index contributed by atoms with van der Waals surface area (Å²) in [6.07, 6.45) is 2.08. The average molecular weight is 379 g/mol. The first-order valence-corrected chi connectivity index (χ1v) is 11.2. The number of aryl methyl sites for hydroxylation is 2. The van der Waals surface area contributed by atoms with Gasteiger partial charge in [0.05, 0.1) is 4.90 Å². The molecule has 0 bridgehead atoms. The maximum absolute atomic E-state index is 12.6. The smallest absolute Gasteiger partial charge is 0.240 e. The van der Waals surface area contributed by atoms with Crippen LogP contribution in [0.25, 0.3) is 0 Å². The number of hydrogen-bond donors (Lipinski definition) is 1. The molecule has 3 rings (SSSR count). The highest BCUT2D eigenvalue weighted by Gasteiger charge is 2.22. The van der Waals surface area contributed by atoms with Gasteiger partial charge in [-0.05, 0) is 79.7 Å². The molecule has 2 aromatic rings. The van der Waals surface area contributed by atoms with E-state index in [1.807, 2.05) is 26.0 Å². The topological polar surface area (TPSA) is 49.4 Å². The van der Waals surface area contributed by atoms with Gasteiger partial charge in [-0.1, -0.05) is 17.7 Å². The van der Waals surface area contributed by atoms with E-state index < -0.39 is 10.0 Å². The molecular formula is C19H26N2O2S2. The summed E-state index contributed by atoms with van der Waals surface area (Å²) in [6.45, 7) is 7.43. The lowest BCUT2D eigenvalue weighted by atomic mass is 9.97. The molecule has 0 radical (unpaired) electrons. The largest absolute Gasteiger partial charge is 0.299 e. The Kier molecular flexibility index (Phi) is 5.94. The maximum atomic E-state index is 12.6. The van der Waals surface area contributed by atoms with Gasteiger partial charge < -0.3 is 0 Å². The van der Waals surface area contributed by atoms with Crippen molar-refractivity contribution in [3.05, 3.63) is 51.7 Å². The van der Waals surface area contributed by atoms with E-state index in [0.717, 1.165) is 43.6 Å². The molecule has 0 unspecified atom stereocenters. The Hall–Kier alpha value is -1.21. The summed E-state index contributed by atoms with van der Waals surface area (Å²) in [5, 5.41) is 4.31. The number of nitrogens with zero attached hydrogens (tertiary/aromatic N) is 1. The fraction of sp³-hybridized carbons (Fsp3) is 0.474. The lowest BCUT2D eigenvalue weighted by Gasteiger charge is -2.31. The van der Waals surface area contributed by atoms with Crippen molar-refractivity contribution in [2.45, 2.75) is 38.1 Å². The van der Waals surface area contributed by atoms with E-state index in [2.05, 4.69) is 26.4 Å². The van der Waals surface area contributed by atoms with Gasteiger partial charge in [0.2, 0.25) is 10.0 Å². The predicted octanol–water partition coefficient (Wildman–Crippen LogP) is 3.56. The molecule has 0 aliphatic carbocycles. The van der Waals surface area contributed by atoms with E-state index in [1.165, 1.54) is 5.56 Å². The minimum absolute atomic E-state index is 0.396. The van der Waals surface area contributed by atoms with Crippen LogP contribution in [0.3, 0.4) is 0 Å². The third kappa shape index (κ3) is 4.91. The Labute approximate surface area is 154 Å². The number of hydrogen-bond acceptors (Lipinski definition) is 4. The molecule has 25 heavy (non-hydrogen) atoms.